The summed E-state index contributed by atoms with van der Waals surface area (Å²) in [6, 6.07) is 0.797. The van der Waals surface area contributed by atoms with Crippen LogP contribution in [0, 0.1) is 11.6 Å². The second kappa shape index (κ2) is 10.3. The molecule has 2 atom stereocenters. The number of pyridine rings is 2. The second-order valence-electron chi connectivity index (χ2n) is 8.62. The van der Waals surface area contributed by atoms with Crippen molar-refractivity contribution in [2.45, 2.75) is 44.4 Å². The summed E-state index contributed by atoms with van der Waals surface area (Å²) in [4.78, 5) is 44.0. The Labute approximate surface area is 216 Å². The number of carbonyl (C=O) groups excluding carboxylic acids is 2. The fraction of sp³-hybridized carbons (Fsp3) is 0.333. The van der Waals surface area contributed by atoms with Crippen LogP contribution in [0.25, 0.3) is 16.7 Å². The van der Waals surface area contributed by atoms with Crippen molar-refractivity contribution in [3.05, 3.63) is 62.9 Å². The smallest absolute Gasteiger partial charge is 0.394 e. The first-order chi connectivity index (χ1) is 17.9. The predicted molar refractivity (Wildman–Crippen MR) is 127 cm³/mol. The number of alkyl halides is 3. The Morgan fingerprint density at radius 1 is 1.26 bits per heavy atom. The van der Waals surface area contributed by atoms with Gasteiger partial charge in [0.15, 0.2) is 11.5 Å². The molecule has 0 unspecified atom stereocenters. The molecule has 0 spiro atoms. The molecule has 0 radical (unpaired) electrons. The highest BCUT2D eigenvalue weighted by Gasteiger charge is 2.40. The summed E-state index contributed by atoms with van der Waals surface area (Å²) in [6.45, 7) is 0.809. The van der Waals surface area contributed by atoms with Crippen LogP contribution in [-0.4, -0.2) is 51.3 Å². The van der Waals surface area contributed by atoms with E-state index in [1.807, 2.05) is 0 Å². The SMILES string of the molecule is CC[C@H](NC(=O)c1cn(-c2c(F)cc(F)cc2Cl)c2nc(N3C(=O)CC[C@@H]3CO)ccc2c1=O)C(F)(F)F. The monoisotopic (exact) mass is 558 g/mol. The predicted octanol–water partition coefficient (Wildman–Crippen LogP) is 3.88. The van der Waals surface area contributed by atoms with Crippen molar-refractivity contribution >= 4 is 40.3 Å². The van der Waals surface area contributed by atoms with Gasteiger partial charge in [0.05, 0.1) is 23.1 Å². The minimum atomic E-state index is -4.80. The number of aliphatic hydroxyl groups is 1. The lowest BCUT2D eigenvalue weighted by Crippen LogP contribution is -2.46. The van der Waals surface area contributed by atoms with Gasteiger partial charge in [-0.25, -0.2) is 13.8 Å². The molecule has 2 amide bonds. The van der Waals surface area contributed by atoms with E-state index in [0.717, 1.165) is 16.8 Å². The minimum Gasteiger partial charge on any atom is -0.394 e. The Bertz CT molecular complexity index is 1470. The third-order valence-corrected chi connectivity index (χ3v) is 6.48. The molecule has 3 heterocycles. The number of aliphatic hydroxyl groups excluding tert-OH is 1. The number of amides is 2. The molecule has 8 nitrogen and oxygen atoms in total. The highest BCUT2D eigenvalue weighted by Crippen LogP contribution is 2.31. The van der Waals surface area contributed by atoms with E-state index >= 15 is 0 Å². The molecule has 1 fully saturated rings. The molecule has 2 N–H and O–H groups in total. The van der Waals surface area contributed by atoms with E-state index in [4.69, 9.17) is 11.6 Å². The molecule has 202 valence electrons. The Kier molecular flexibility index (Phi) is 7.44. The highest BCUT2D eigenvalue weighted by atomic mass is 35.5. The summed E-state index contributed by atoms with van der Waals surface area (Å²) >= 11 is 6.09. The van der Waals surface area contributed by atoms with Crippen molar-refractivity contribution in [1.29, 1.82) is 0 Å². The molecule has 1 aliphatic heterocycles. The molecule has 0 aliphatic carbocycles. The molecule has 38 heavy (non-hydrogen) atoms. The van der Waals surface area contributed by atoms with Gasteiger partial charge >= 0.3 is 6.18 Å². The Morgan fingerprint density at radius 3 is 2.58 bits per heavy atom. The molecule has 14 heteroatoms. The first-order valence-corrected chi connectivity index (χ1v) is 11.8. The Hall–Kier alpha value is -3.58. The van der Waals surface area contributed by atoms with Crippen molar-refractivity contribution in [2.24, 2.45) is 0 Å². The highest BCUT2D eigenvalue weighted by molar-refractivity contribution is 6.32. The fourth-order valence-electron chi connectivity index (χ4n) is 4.31. The van der Waals surface area contributed by atoms with Crippen LogP contribution in [-0.2, 0) is 4.79 Å². The van der Waals surface area contributed by atoms with Gasteiger partial charge in [-0.15, -0.1) is 0 Å². The Morgan fingerprint density at radius 2 is 1.97 bits per heavy atom. The third kappa shape index (κ3) is 4.95. The molecule has 2 aromatic heterocycles. The van der Waals surface area contributed by atoms with Crippen LogP contribution in [0.15, 0.2) is 35.3 Å². The molecular formula is C24H20ClF5N4O4. The van der Waals surface area contributed by atoms with E-state index in [0.29, 0.717) is 12.5 Å². The van der Waals surface area contributed by atoms with Crippen LogP contribution < -0.4 is 15.6 Å². The number of nitrogens with zero attached hydrogens (tertiary/aromatic N) is 3. The number of fused-ring (bicyclic) bond motifs is 1. The molecule has 3 aromatic rings. The maximum atomic E-state index is 15.0. The largest absolute Gasteiger partial charge is 0.408 e. The van der Waals surface area contributed by atoms with Gasteiger partial charge in [0.25, 0.3) is 5.91 Å². The molecule has 1 saturated heterocycles. The topological polar surface area (TPSA) is 105 Å². The first kappa shape index (κ1) is 27.5. The zero-order chi connectivity index (χ0) is 27.9. The van der Waals surface area contributed by atoms with Crippen molar-refractivity contribution in [3.63, 3.8) is 0 Å². The van der Waals surface area contributed by atoms with Crippen LogP contribution in [0.4, 0.5) is 27.8 Å². The third-order valence-electron chi connectivity index (χ3n) is 6.19. The van der Waals surface area contributed by atoms with Gasteiger partial charge in [-0.2, -0.15) is 13.2 Å². The molecular weight excluding hydrogens is 539 g/mol. The number of aromatic nitrogens is 2. The van der Waals surface area contributed by atoms with Crippen LogP contribution in [0.5, 0.6) is 0 Å². The van der Waals surface area contributed by atoms with Crippen molar-refractivity contribution in [1.82, 2.24) is 14.9 Å². The van der Waals surface area contributed by atoms with Crippen LogP contribution in [0.1, 0.15) is 36.5 Å². The molecule has 1 aliphatic rings. The second-order valence-corrected chi connectivity index (χ2v) is 9.02. The van der Waals surface area contributed by atoms with E-state index in [2.05, 4.69) is 4.98 Å². The summed E-state index contributed by atoms with van der Waals surface area (Å²) in [6.07, 6.45) is -4.10. The van der Waals surface area contributed by atoms with Crippen LogP contribution >= 0.6 is 11.6 Å². The number of halogens is 6. The first-order valence-electron chi connectivity index (χ1n) is 11.4. The van der Waals surface area contributed by atoms with Gasteiger partial charge in [-0.3, -0.25) is 23.9 Å². The van der Waals surface area contributed by atoms with Gasteiger partial charge in [-0.05, 0) is 31.0 Å². The molecule has 4 rings (SSSR count). The average molecular weight is 559 g/mol. The maximum Gasteiger partial charge on any atom is 0.408 e. The summed E-state index contributed by atoms with van der Waals surface area (Å²) in [5.41, 5.74) is -2.64. The van der Waals surface area contributed by atoms with Gasteiger partial charge in [0.2, 0.25) is 11.3 Å². The van der Waals surface area contributed by atoms with Crippen molar-refractivity contribution < 1.29 is 36.6 Å². The number of rotatable bonds is 6. The van der Waals surface area contributed by atoms with Crippen LogP contribution in [0.2, 0.25) is 5.02 Å². The van der Waals surface area contributed by atoms with Crippen molar-refractivity contribution in [3.8, 4) is 5.69 Å². The van der Waals surface area contributed by atoms with E-state index in [9.17, 15) is 41.4 Å². The maximum absolute atomic E-state index is 15.0. The normalized spacial score (nSPS) is 16.8. The summed E-state index contributed by atoms with van der Waals surface area (Å²) < 4.78 is 69.3. The number of carbonyl (C=O) groups is 2. The average Bonchev–Trinajstić information content (AvgIpc) is 3.22. The van der Waals surface area contributed by atoms with E-state index in [1.54, 1.807) is 5.32 Å². The summed E-state index contributed by atoms with van der Waals surface area (Å²) in [7, 11) is 0. The number of hydrogen-bond donors (Lipinski definition) is 2. The lowest BCUT2D eigenvalue weighted by atomic mass is 10.1. The number of nitrogens with one attached hydrogen (secondary N) is 1. The fourth-order valence-corrected chi connectivity index (χ4v) is 4.59. The minimum absolute atomic E-state index is 0.00818. The van der Waals surface area contributed by atoms with E-state index in [-0.39, 0.29) is 35.8 Å². The van der Waals surface area contributed by atoms with Gasteiger partial charge in [0.1, 0.15) is 28.9 Å². The van der Waals surface area contributed by atoms with Crippen LogP contribution in [0.3, 0.4) is 0 Å². The standard InChI is InChI=1S/C24H20ClF5N4O4/c1-2-17(24(28,29)30)31-23(38)14-9-33(20-15(25)7-11(26)8-16(20)27)22-13(21(14)37)4-5-18(32-22)34-12(10-35)3-6-19(34)36/h4-5,7-9,12,17,35H,2-3,6,10H2,1H3,(H,31,38)/t12-,17+/m1/s1. The number of benzene rings is 1. The number of hydrogen-bond acceptors (Lipinski definition) is 5. The number of anilines is 1. The zero-order valence-electron chi connectivity index (χ0n) is 19.7. The lowest BCUT2D eigenvalue weighted by Gasteiger charge is -2.23. The zero-order valence-corrected chi connectivity index (χ0v) is 20.4. The molecule has 0 bridgehead atoms. The Balaban J connectivity index is 1.98. The summed E-state index contributed by atoms with van der Waals surface area (Å²) in [5.74, 6) is -4.01. The summed E-state index contributed by atoms with van der Waals surface area (Å²) in [5, 5.41) is 10.6. The quantitative estimate of drug-likeness (QED) is 0.447. The molecule has 1 aromatic carbocycles. The van der Waals surface area contributed by atoms with Gasteiger partial charge in [-0.1, -0.05) is 18.5 Å². The van der Waals surface area contributed by atoms with Gasteiger partial charge < -0.3 is 10.4 Å². The van der Waals surface area contributed by atoms with Gasteiger partial charge in [0, 0.05) is 18.7 Å². The lowest BCUT2D eigenvalue weighted by molar-refractivity contribution is -0.153. The van der Waals surface area contributed by atoms with E-state index < -0.39 is 63.9 Å². The van der Waals surface area contributed by atoms with E-state index in [1.165, 1.54) is 24.0 Å². The van der Waals surface area contributed by atoms with Crippen molar-refractivity contribution in [2.75, 3.05) is 11.5 Å². The molecule has 0 saturated carbocycles.